The molecule has 0 saturated carbocycles. The minimum Gasteiger partial charge on any atom is -0.339 e. The minimum absolute atomic E-state index is 0.0276. The van der Waals surface area contributed by atoms with Crippen molar-refractivity contribution in [1.29, 1.82) is 0 Å². The maximum Gasteiger partial charge on any atom is 0.225 e. The van der Waals surface area contributed by atoms with Gasteiger partial charge < -0.3 is 5.32 Å². The summed E-state index contributed by atoms with van der Waals surface area (Å²) in [7, 11) is 0. The van der Waals surface area contributed by atoms with E-state index in [0.29, 0.717) is 5.56 Å². The van der Waals surface area contributed by atoms with Gasteiger partial charge >= 0.3 is 0 Å². The van der Waals surface area contributed by atoms with Crippen molar-refractivity contribution in [3.63, 3.8) is 0 Å². The van der Waals surface area contributed by atoms with Crippen LogP contribution in [-0.4, -0.2) is 18.1 Å². The Balaban J connectivity index is 1.71. The van der Waals surface area contributed by atoms with Gasteiger partial charge in [0.1, 0.15) is 12.0 Å². The summed E-state index contributed by atoms with van der Waals surface area (Å²) >= 11 is 0. The highest BCUT2D eigenvalue weighted by Crippen LogP contribution is 2.26. The van der Waals surface area contributed by atoms with Gasteiger partial charge in [0.05, 0.1) is 6.42 Å². The van der Waals surface area contributed by atoms with Crippen molar-refractivity contribution in [3.05, 3.63) is 71.0 Å². The number of carbonyl (C=O) groups excluding carboxylic acids is 1. The molecule has 2 aromatic carbocycles. The average molecular weight is 327 g/mol. The first-order valence-electron chi connectivity index (χ1n) is 8.15. The van der Waals surface area contributed by atoms with Crippen molar-refractivity contribution in [2.24, 2.45) is 0 Å². The number of halogens is 1. The summed E-state index contributed by atoms with van der Waals surface area (Å²) in [5.41, 5.74) is 9.06. The van der Waals surface area contributed by atoms with Crippen molar-refractivity contribution in [2.45, 2.75) is 38.4 Å². The first-order valence-corrected chi connectivity index (χ1v) is 8.15. The molecule has 1 aliphatic rings. The Morgan fingerprint density at radius 1 is 1.17 bits per heavy atom. The van der Waals surface area contributed by atoms with E-state index < -0.39 is 0 Å². The van der Waals surface area contributed by atoms with Crippen LogP contribution in [0.25, 0.3) is 0 Å². The summed E-state index contributed by atoms with van der Waals surface area (Å²) in [5, 5.41) is 2.97. The van der Waals surface area contributed by atoms with E-state index in [1.54, 1.807) is 18.2 Å². The standard InChI is InChI=1S/C19H22FN3O/c1-12-6-5-8-15(10-12)18-13(2)22-23-19(18)21-17(24)11-14-7-3-4-9-16(14)20/h3-10,13,18-19,22-23H,11H2,1-2H3,(H,21,24). The fourth-order valence-electron chi connectivity index (χ4n) is 3.21. The van der Waals surface area contributed by atoms with E-state index >= 15 is 0 Å². The molecule has 1 amide bonds. The van der Waals surface area contributed by atoms with Crippen LogP contribution in [0.3, 0.4) is 0 Å². The molecule has 5 heteroatoms. The fourth-order valence-corrected chi connectivity index (χ4v) is 3.21. The summed E-state index contributed by atoms with van der Waals surface area (Å²) in [6.07, 6.45) is -0.208. The van der Waals surface area contributed by atoms with Gasteiger partial charge in [0.25, 0.3) is 0 Å². The zero-order valence-corrected chi connectivity index (χ0v) is 13.8. The molecule has 3 unspecified atom stereocenters. The molecule has 0 bridgehead atoms. The maximum absolute atomic E-state index is 13.7. The van der Waals surface area contributed by atoms with Crippen LogP contribution >= 0.6 is 0 Å². The number of hydrogen-bond acceptors (Lipinski definition) is 3. The monoisotopic (exact) mass is 327 g/mol. The van der Waals surface area contributed by atoms with Crippen LogP contribution in [0.1, 0.15) is 29.5 Å². The smallest absolute Gasteiger partial charge is 0.225 e. The third-order valence-electron chi connectivity index (χ3n) is 4.42. The van der Waals surface area contributed by atoms with Gasteiger partial charge in [-0.05, 0) is 31.0 Å². The number of carbonyl (C=O) groups is 1. The lowest BCUT2D eigenvalue weighted by atomic mass is 9.90. The number of amides is 1. The molecule has 3 rings (SSSR count). The Bertz CT molecular complexity index is 734. The number of hydrazine groups is 1. The lowest BCUT2D eigenvalue weighted by Gasteiger charge is -2.23. The molecule has 0 aromatic heterocycles. The van der Waals surface area contributed by atoms with E-state index in [4.69, 9.17) is 0 Å². The molecule has 0 radical (unpaired) electrons. The number of benzene rings is 2. The SMILES string of the molecule is Cc1cccc(C2C(C)NNC2NC(=O)Cc2ccccc2F)c1. The Morgan fingerprint density at radius 2 is 1.96 bits per heavy atom. The van der Waals surface area contributed by atoms with Gasteiger partial charge in [0, 0.05) is 12.0 Å². The number of nitrogens with one attached hydrogen (secondary N) is 3. The fraction of sp³-hybridized carbons (Fsp3) is 0.316. The summed E-state index contributed by atoms with van der Waals surface area (Å²) in [4.78, 5) is 12.3. The number of rotatable bonds is 4. The van der Waals surface area contributed by atoms with Gasteiger partial charge in [0.2, 0.25) is 5.91 Å². The van der Waals surface area contributed by atoms with E-state index in [0.717, 1.165) is 5.56 Å². The molecule has 1 saturated heterocycles. The van der Waals surface area contributed by atoms with Crippen LogP contribution in [0.5, 0.6) is 0 Å². The Labute approximate surface area is 141 Å². The van der Waals surface area contributed by atoms with Gasteiger partial charge in [-0.2, -0.15) is 0 Å². The average Bonchev–Trinajstić information content (AvgIpc) is 2.90. The summed E-state index contributed by atoms with van der Waals surface area (Å²) in [6, 6.07) is 14.8. The van der Waals surface area contributed by atoms with Crippen molar-refractivity contribution < 1.29 is 9.18 Å². The van der Waals surface area contributed by atoms with E-state index in [1.165, 1.54) is 11.6 Å². The second kappa shape index (κ2) is 7.11. The van der Waals surface area contributed by atoms with Gasteiger partial charge in [-0.15, -0.1) is 0 Å². The molecule has 0 spiro atoms. The molecule has 126 valence electrons. The summed E-state index contributed by atoms with van der Waals surface area (Å²) < 4.78 is 13.7. The quantitative estimate of drug-likeness (QED) is 0.808. The highest BCUT2D eigenvalue weighted by Gasteiger charge is 2.35. The number of aryl methyl sites for hydroxylation is 1. The van der Waals surface area contributed by atoms with Crippen LogP contribution < -0.4 is 16.2 Å². The highest BCUT2D eigenvalue weighted by atomic mass is 19.1. The zero-order chi connectivity index (χ0) is 17.1. The molecular formula is C19H22FN3O. The molecule has 3 N–H and O–H groups in total. The van der Waals surface area contributed by atoms with Crippen LogP contribution in [0.15, 0.2) is 48.5 Å². The topological polar surface area (TPSA) is 53.2 Å². The van der Waals surface area contributed by atoms with Gasteiger partial charge in [0.15, 0.2) is 0 Å². The lowest BCUT2D eigenvalue weighted by Crippen LogP contribution is -2.46. The summed E-state index contributed by atoms with van der Waals surface area (Å²) in [6.45, 7) is 4.12. The van der Waals surface area contributed by atoms with E-state index in [-0.39, 0.29) is 36.3 Å². The second-order valence-corrected chi connectivity index (χ2v) is 6.33. The molecule has 1 aliphatic heterocycles. The molecule has 0 aliphatic carbocycles. The predicted octanol–water partition coefficient (Wildman–Crippen LogP) is 2.40. The van der Waals surface area contributed by atoms with Gasteiger partial charge in [-0.3, -0.25) is 10.2 Å². The Hall–Kier alpha value is -2.24. The van der Waals surface area contributed by atoms with E-state index in [1.807, 2.05) is 6.07 Å². The van der Waals surface area contributed by atoms with Crippen molar-refractivity contribution >= 4 is 5.91 Å². The molecule has 1 heterocycles. The molecule has 24 heavy (non-hydrogen) atoms. The molecule has 3 atom stereocenters. The van der Waals surface area contributed by atoms with Crippen LogP contribution in [0, 0.1) is 12.7 Å². The molecule has 2 aromatic rings. The molecule has 4 nitrogen and oxygen atoms in total. The van der Waals surface area contributed by atoms with E-state index in [2.05, 4.69) is 48.2 Å². The first-order chi connectivity index (χ1) is 11.5. The molecule has 1 fully saturated rings. The first kappa shape index (κ1) is 16.6. The third kappa shape index (κ3) is 3.63. The second-order valence-electron chi connectivity index (χ2n) is 6.33. The van der Waals surface area contributed by atoms with Gasteiger partial charge in [-0.1, -0.05) is 48.0 Å². The lowest BCUT2D eigenvalue weighted by molar-refractivity contribution is -0.121. The third-order valence-corrected chi connectivity index (χ3v) is 4.42. The zero-order valence-electron chi connectivity index (χ0n) is 13.8. The van der Waals surface area contributed by atoms with Gasteiger partial charge in [-0.25, -0.2) is 9.82 Å². The van der Waals surface area contributed by atoms with Crippen LogP contribution in [-0.2, 0) is 11.2 Å². The number of hydrogen-bond donors (Lipinski definition) is 3. The summed E-state index contributed by atoms with van der Waals surface area (Å²) in [5.74, 6) is -0.450. The van der Waals surface area contributed by atoms with Crippen LogP contribution in [0.2, 0.25) is 0 Å². The normalized spacial score (nSPS) is 23.2. The predicted molar refractivity (Wildman–Crippen MR) is 91.7 cm³/mol. The largest absolute Gasteiger partial charge is 0.339 e. The Kier molecular flexibility index (Phi) is 4.92. The Morgan fingerprint density at radius 3 is 2.71 bits per heavy atom. The van der Waals surface area contributed by atoms with E-state index in [9.17, 15) is 9.18 Å². The van der Waals surface area contributed by atoms with Crippen molar-refractivity contribution in [3.8, 4) is 0 Å². The molecular weight excluding hydrogens is 305 g/mol. The minimum atomic E-state index is -0.353. The van der Waals surface area contributed by atoms with Crippen molar-refractivity contribution in [2.75, 3.05) is 0 Å². The van der Waals surface area contributed by atoms with Crippen molar-refractivity contribution in [1.82, 2.24) is 16.2 Å². The maximum atomic E-state index is 13.7. The van der Waals surface area contributed by atoms with Crippen LogP contribution in [0.4, 0.5) is 4.39 Å². The highest BCUT2D eigenvalue weighted by molar-refractivity contribution is 5.79.